The Bertz CT molecular complexity index is 363. The molecule has 0 aromatic carbocycles. The third-order valence-corrected chi connectivity index (χ3v) is 6.48. The number of unbranched alkanes of at least 4 members (excludes halogenated alkanes) is 11. The molecule has 0 aromatic rings. The van der Waals surface area contributed by atoms with Crippen LogP contribution in [0.15, 0.2) is 0 Å². The Kier molecular flexibility index (Phi) is 14.0. The summed E-state index contributed by atoms with van der Waals surface area (Å²) in [5.41, 5.74) is 0. The second-order valence-corrected chi connectivity index (χ2v) is 9.49. The first-order valence-electron chi connectivity index (χ1n) is 12.2. The van der Waals surface area contributed by atoms with Crippen LogP contribution in [0.5, 0.6) is 0 Å². The van der Waals surface area contributed by atoms with Crippen molar-refractivity contribution in [2.45, 2.75) is 137 Å². The number of carbonyl (C=O) groups is 1. The van der Waals surface area contributed by atoms with Gasteiger partial charge in [0, 0.05) is 6.42 Å². The van der Waals surface area contributed by atoms with Gasteiger partial charge in [-0.1, -0.05) is 105 Å². The summed E-state index contributed by atoms with van der Waals surface area (Å²) in [6.07, 6.45) is 20.3. The highest BCUT2D eigenvalue weighted by molar-refractivity contribution is 5.69. The third kappa shape index (κ3) is 11.8. The minimum Gasteiger partial charge on any atom is -0.462 e. The maximum absolute atomic E-state index is 12.2. The van der Waals surface area contributed by atoms with Crippen molar-refractivity contribution in [2.75, 3.05) is 0 Å². The zero-order chi connectivity index (χ0) is 19.9. The summed E-state index contributed by atoms with van der Waals surface area (Å²) in [6.45, 7) is 9.11. The van der Waals surface area contributed by atoms with Gasteiger partial charge < -0.3 is 4.74 Å². The van der Waals surface area contributed by atoms with Crippen molar-refractivity contribution in [3.63, 3.8) is 0 Å². The molecule has 0 saturated heterocycles. The molecule has 1 fully saturated rings. The van der Waals surface area contributed by atoms with Crippen molar-refractivity contribution < 1.29 is 9.53 Å². The van der Waals surface area contributed by atoms with Gasteiger partial charge in [0.15, 0.2) is 0 Å². The zero-order valence-corrected chi connectivity index (χ0v) is 18.9. The van der Waals surface area contributed by atoms with Gasteiger partial charge in [-0.15, -0.1) is 0 Å². The monoisotopic (exact) mass is 380 g/mol. The lowest BCUT2D eigenvalue weighted by Crippen LogP contribution is -2.35. The van der Waals surface area contributed by atoms with Crippen LogP contribution in [0.4, 0.5) is 0 Å². The van der Waals surface area contributed by atoms with E-state index in [1.165, 1.54) is 83.5 Å². The number of rotatable bonds is 15. The average molecular weight is 381 g/mol. The minimum absolute atomic E-state index is 0.0480. The maximum atomic E-state index is 12.2. The van der Waals surface area contributed by atoms with Crippen LogP contribution in [-0.2, 0) is 9.53 Å². The second kappa shape index (κ2) is 15.4. The molecule has 0 spiro atoms. The smallest absolute Gasteiger partial charge is 0.306 e. The van der Waals surface area contributed by atoms with Crippen LogP contribution < -0.4 is 0 Å². The van der Waals surface area contributed by atoms with E-state index in [9.17, 15) is 4.79 Å². The van der Waals surface area contributed by atoms with Crippen LogP contribution in [0.1, 0.15) is 130 Å². The predicted molar refractivity (Wildman–Crippen MR) is 117 cm³/mol. The van der Waals surface area contributed by atoms with E-state index in [1.807, 2.05) is 0 Å². The summed E-state index contributed by atoms with van der Waals surface area (Å²) in [7, 11) is 0. The van der Waals surface area contributed by atoms with Crippen molar-refractivity contribution in [1.82, 2.24) is 0 Å². The number of ether oxygens (including phenoxy) is 1. The van der Waals surface area contributed by atoms with Crippen molar-refractivity contribution >= 4 is 5.97 Å². The van der Waals surface area contributed by atoms with Crippen LogP contribution in [0.25, 0.3) is 0 Å². The zero-order valence-electron chi connectivity index (χ0n) is 18.9. The van der Waals surface area contributed by atoms with Crippen molar-refractivity contribution in [3.8, 4) is 0 Å². The van der Waals surface area contributed by atoms with Crippen molar-refractivity contribution in [3.05, 3.63) is 0 Å². The van der Waals surface area contributed by atoms with Gasteiger partial charge in [-0.05, 0) is 37.0 Å². The van der Waals surface area contributed by atoms with E-state index in [4.69, 9.17) is 4.74 Å². The number of esters is 1. The highest BCUT2D eigenvalue weighted by Gasteiger charge is 2.33. The molecule has 1 saturated carbocycles. The lowest BCUT2D eigenvalue weighted by molar-refractivity contribution is -0.156. The van der Waals surface area contributed by atoms with Crippen LogP contribution in [0.3, 0.4) is 0 Å². The summed E-state index contributed by atoms with van der Waals surface area (Å²) in [6, 6.07) is 0. The first-order valence-corrected chi connectivity index (χ1v) is 12.2. The third-order valence-electron chi connectivity index (χ3n) is 6.48. The fourth-order valence-corrected chi connectivity index (χ4v) is 4.59. The van der Waals surface area contributed by atoms with E-state index >= 15 is 0 Å². The Morgan fingerprint density at radius 3 is 1.89 bits per heavy atom. The molecule has 3 atom stereocenters. The molecule has 2 heteroatoms. The van der Waals surface area contributed by atoms with Gasteiger partial charge in [-0.25, -0.2) is 0 Å². The van der Waals surface area contributed by atoms with Crippen molar-refractivity contribution in [2.24, 2.45) is 17.8 Å². The van der Waals surface area contributed by atoms with E-state index < -0.39 is 0 Å². The largest absolute Gasteiger partial charge is 0.462 e. The molecule has 2 nitrogen and oxygen atoms in total. The molecule has 0 radical (unpaired) electrons. The van der Waals surface area contributed by atoms with Gasteiger partial charge in [0.1, 0.15) is 6.10 Å². The molecule has 1 rings (SSSR count). The molecule has 0 aromatic heterocycles. The van der Waals surface area contributed by atoms with Crippen LogP contribution in [0.2, 0.25) is 0 Å². The average Bonchev–Trinajstić information content (AvgIpc) is 2.62. The van der Waals surface area contributed by atoms with E-state index in [0.717, 1.165) is 12.8 Å². The molecule has 0 bridgehead atoms. The molecular formula is C25H48O2. The normalized spacial score (nSPS) is 22.9. The molecular weight excluding hydrogens is 332 g/mol. The van der Waals surface area contributed by atoms with Crippen LogP contribution >= 0.6 is 0 Å². The Morgan fingerprint density at radius 2 is 1.37 bits per heavy atom. The van der Waals surface area contributed by atoms with Crippen LogP contribution in [0, 0.1) is 17.8 Å². The van der Waals surface area contributed by atoms with Gasteiger partial charge in [-0.2, -0.15) is 0 Å². The fourth-order valence-electron chi connectivity index (χ4n) is 4.59. The van der Waals surface area contributed by atoms with Crippen LogP contribution in [-0.4, -0.2) is 12.1 Å². The van der Waals surface area contributed by atoms with Crippen molar-refractivity contribution in [1.29, 1.82) is 0 Å². The molecule has 0 heterocycles. The highest BCUT2D eigenvalue weighted by Crippen LogP contribution is 2.35. The van der Waals surface area contributed by atoms with E-state index in [-0.39, 0.29) is 12.1 Å². The Hall–Kier alpha value is -0.530. The number of carbonyl (C=O) groups excluding carboxylic acids is 1. The molecule has 27 heavy (non-hydrogen) atoms. The summed E-state index contributed by atoms with van der Waals surface area (Å²) in [5.74, 6) is 1.92. The minimum atomic E-state index is 0.0480. The summed E-state index contributed by atoms with van der Waals surface area (Å²) in [5, 5.41) is 0. The van der Waals surface area contributed by atoms with E-state index in [0.29, 0.717) is 24.2 Å². The molecule has 1 aliphatic rings. The summed E-state index contributed by atoms with van der Waals surface area (Å²) in [4.78, 5) is 12.2. The van der Waals surface area contributed by atoms with E-state index in [2.05, 4.69) is 27.7 Å². The maximum Gasteiger partial charge on any atom is 0.306 e. The Labute approximate surface area is 170 Å². The SMILES string of the molecule is CCCCCCCCCCCCCCC(=O)OC1CC(C)CCC1C(C)C. The van der Waals surface area contributed by atoms with Gasteiger partial charge in [0.2, 0.25) is 0 Å². The number of hydrogen-bond acceptors (Lipinski definition) is 2. The van der Waals surface area contributed by atoms with Gasteiger partial charge in [0.05, 0.1) is 0 Å². The Morgan fingerprint density at radius 1 is 0.852 bits per heavy atom. The summed E-state index contributed by atoms with van der Waals surface area (Å²) < 4.78 is 5.90. The van der Waals surface area contributed by atoms with Gasteiger partial charge in [-0.3, -0.25) is 4.79 Å². The standard InChI is InChI=1S/C25H48O2/c1-5-6-7-8-9-10-11-12-13-14-15-16-17-25(26)27-24-20-22(4)18-19-23(24)21(2)3/h21-24H,5-20H2,1-4H3. The molecule has 1 aliphatic carbocycles. The second-order valence-electron chi connectivity index (χ2n) is 9.49. The molecule has 160 valence electrons. The highest BCUT2D eigenvalue weighted by atomic mass is 16.5. The molecule has 0 aliphatic heterocycles. The first kappa shape index (κ1) is 24.5. The Balaban J connectivity index is 1.99. The molecule has 0 N–H and O–H groups in total. The van der Waals surface area contributed by atoms with E-state index in [1.54, 1.807) is 0 Å². The lowest BCUT2D eigenvalue weighted by atomic mass is 9.75. The summed E-state index contributed by atoms with van der Waals surface area (Å²) >= 11 is 0. The first-order chi connectivity index (χ1) is 13.0. The quantitative estimate of drug-likeness (QED) is 0.212. The molecule has 0 amide bonds. The topological polar surface area (TPSA) is 26.3 Å². The van der Waals surface area contributed by atoms with Gasteiger partial charge >= 0.3 is 5.97 Å². The molecule has 3 unspecified atom stereocenters. The lowest BCUT2D eigenvalue weighted by Gasteiger charge is -2.36. The fraction of sp³-hybridized carbons (Fsp3) is 0.960. The predicted octanol–water partition coefficient (Wildman–Crippen LogP) is 8.08. The van der Waals surface area contributed by atoms with Gasteiger partial charge in [0.25, 0.3) is 0 Å². The number of hydrogen-bond donors (Lipinski definition) is 0.